The van der Waals surface area contributed by atoms with Gasteiger partial charge in [0, 0.05) is 13.1 Å². The van der Waals surface area contributed by atoms with Crippen LogP contribution in [0, 0.1) is 0 Å². The van der Waals surface area contributed by atoms with E-state index in [1.165, 1.54) is 0 Å². The fourth-order valence-corrected chi connectivity index (χ4v) is 1.37. The lowest BCUT2D eigenvalue weighted by atomic mass is 10.3. The zero-order valence-electron chi connectivity index (χ0n) is 9.38. The third-order valence-electron chi connectivity index (χ3n) is 1.91. The SMILES string of the molecule is CCCN(CCC)CC(=O)NCCN. The molecule has 0 saturated heterocycles. The average Bonchev–Trinajstić information content (AvgIpc) is 2.15. The first-order valence-corrected chi connectivity index (χ1v) is 5.43. The minimum Gasteiger partial charge on any atom is -0.354 e. The third-order valence-corrected chi connectivity index (χ3v) is 1.91. The highest BCUT2D eigenvalue weighted by atomic mass is 16.2. The summed E-state index contributed by atoms with van der Waals surface area (Å²) in [4.78, 5) is 13.5. The van der Waals surface area contributed by atoms with Crippen LogP contribution in [0.15, 0.2) is 0 Å². The highest BCUT2D eigenvalue weighted by Crippen LogP contribution is 1.93. The molecule has 0 saturated carbocycles. The highest BCUT2D eigenvalue weighted by molar-refractivity contribution is 5.77. The first kappa shape index (κ1) is 13.4. The van der Waals surface area contributed by atoms with Crippen molar-refractivity contribution >= 4 is 5.91 Å². The minimum absolute atomic E-state index is 0.0809. The van der Waals surface area contributed by atoms with Crippen LogP contribution < -0.4 is 11.1 Å². The Balaban J connectivity index is 3.71. The van der Waals surface area contributed by atoms with Gasteiger partial charge in [0.25, 0.3) is 0 Å². The van der Waals surface area contributed by atoms with Crippen molar-refractivity contribution < 1.29 is 4.79 Å². The lowest BCUT2D eigenvalue weighted by molar-refractivity contribution is -0.122. The molecule has 4 nitrogen and oxygen atoms in total. The molecule has 0 atom stereocenters. The Hall–Kier alpha value is -0.610. The summed E-state index contributed by atoms with van der Waals surface area (Å²) in [7, 11) is 0. The summed E-state index contributed by atoms with van der Waals surface area (Å²) in [5.41, 5.74) is 5.30. The van der Waals surface area contributed by atoms with E-state index in [0.29, 0.717) is 19.6 Å². The fourth-order valence-electron chi connectivity index (χ4n) is 1.37. The number of hydrogen-bond acceptors (Lipinski definition) is 3. The fraction of sp³-hybridized carbons (Fsp3) is 0.900. The number of carbonyl (C=O) groups excluding carboxylic acids is 1. The maximum atomic E-state index is 11.4. The van der Waals surface area contributed by atoms with E-state index >= 15 is 0 Å². The van der Waals surface area contributed by atoms with Crippen LogP contribution in [0.5, 0.6) is 0 Å². The van der Waals surface area contributed by atoms with E-state index in [0.717, 1.165) is 25.9 Å². The van der Waals surface area contributed by atoms with Gasteiger partial charge >= 0.3 is 0 Å². The minimum atomic E-state index is 0.0809. The van der Waals surface area contributed by atoms with E-state index < -0.39 is 0 Å². The number of rotatable bonds is 8. The molecular weight excluding hydrogens is 178 g/mol. The monoisotopic (exact) mass is 201 g/mol. The van der Waals surface area contributed by atoms with E-state index in [-0.39, 0.29) is 5.91 Å². The molecular formula is C10H23N3O. The van der Waals surface area contributed by atoms with Gasteiger partial charge in [0.2, 0.25) is 5.91 Å². The summed E-state index contributed by atoms with van der Waals surface area (Å²) in [5.74, 6) is 0.0809. The van der Waals surface area contributed by atoms with Gasteiger partial charge in [-0.1, -0.05) is 13.8 Å². The molecule has 4 heteroatoms. The van der Waals surface area contributed by atoms with Crippen LogP contribution in [0.4, 0.5) is 0 Å². The average molecular weight is 201 g/mol. The molecule has 14 heavy (non-hydrogen) atoms. The highest BCUT2D eigenvalue weighted by Gasteiger charge is 2.07. The topological polar surface area (TPSA) is 58.4 Å². The normalized spacial score (nSPS) is 10.6. The molecule has 0 unspecified atom stereocenters. The van der Waals surface area contributed by atoms with Crippen LogP contribution in [-0.4, -0.2) is 43.5 Å². The van der Waals surface area contributed by atoms with Gasteiger partial charge in [0.15, 0.2) is 0 Å². The van der Waals surface area contributed by atoms with Crippen LogP contribution in [-0.2, 0) is 4.79 Å². The van der Waals surface area contributed by atoms with Crippen LogP contribution in [0.2, 0.25) is 0 Å². The van der Waals surface area contributed by atoms with Crippen molar-refractivity contribution in [2.45, 2.75) is 26.7 Å². The summed E-state index contributed by atoms with van der Waals surface area (Å²) < 4.78 is 0. The Kier molecular flexibility index (Phi) is 8.57. The molecule has 0 aliphatic carbocycles. The van der Waals surface area contributed by atoms with Crippen molar-refractivity contribution in [3.8, 4) is 0 Å². The number of hydrogen-bond donors (Lipinski definition) is 2. The van der Waals surface area contributed by atoms with Gasteiger partial charge in [-0.25, -0.2) is 0 Å². The van der Waals surface area contributed by atoms with Gasteiger partial charge in [-0.3, -0.25) is 9.69 Å². The summed E-state index contributed by atoms with van der Waals surface area (Å²) in [6.45, 7) is 7.81. The third kappa shape index (κ3) is 6.86. The summed E-state index contributed by atoms with van der Waals surface area (Å²) in [6, 6.07) is 0. The number of nitrogens with zero attached hydrogens (tertiary/aromatic N) is 1. The molecule has 0 aromatic rings. The quantitative estimate of drug-likeness (QED) is 0.589. The summed E-state index contributed by atoms with van der Waals surface area (Å²) in [5, 5.41) is 2.77. The molecule has 0 aromatic heterocycles. The van der Waals surface area contributed by atoms with Gasteiger partial charge in [0.1, 0.15) is 0 Å². The van der Waals surface area contributed by atoms with Crippen molar-refractivity contribution in [1.82, 2.24) is 10.2 Å². The van der Waals surface area contributed by atoms with Crippen molar-refractivity contribution in [3.05, 3.63) is 0 Å². The Labute approximate surface area is 86.8 Å². The Morgan fingerprint density at radius 2 is 1.86 bits per heavy atom. The predicted octanol–water partition coefficient (Wildman–Crippen LogP) is 0.183. The Bertz CT molecular complexity index is 144. The molecule has 0 aliphatic heterocycles. The van der Waals surface area contributed by atoms with Crippen LogP contribution >= 0.6 is 0 Å². The van der Waals surface area contributed by atoms with E-state index in [9.17, 15) is 4.79 Å². The van der Waals surface area contributed by atoms with Gasteiger partial charge in [-0.2, -0.15) is 0 Å². The molecule has 84 valence electrons. The lowest BCUT2D eigenvalue weighted by Gasteiger charge is -2.19. The molecule has 0 rings (SSSR count). The largest absolute Gasteiger partial charge is 0.354 e. The van der Waals surface area contributed by atoms with E-state index in [1.807, 2.05) is 0 Å². The van der Waals surface area contributed by atoms with Crippen LogP contribution in [0.3, 0.4) is 0 Å². The molecule has 0 heterocycles. The second-order valence-electron chi connectivity index (χ2n) is 3.41. The van der Waals surface area contributed by atoms with Crippen LogP contribution in [0.1, 0.15) is 26.7 Å². The van der Waals surface area contributed by atoms with Crippen molar-refractivity contribution in [2.75, 3.05) is 32.7 Å². The van der Waals surface area contributed by atoms with E-state index in [4.69, 9.17) is 5.73 Å². The van der Waals surface area contributed by atoms with Gasteiger partial charge in [-0.05, 0) is 25.9 Å². The van der Waals surface area contributed by atoms with Crippen molar-refractivity contribution in [3.63, 3.8) is 0 Å². The first-order chi connectivity index (χ1) is 6.74. The van der Waals surface area contributed by atoms with Gasteiger partial charge in [0.05, 0.1) is 6.54 Å². The smallest absolute Gasteiger partial charge is 0.234 e. The maximum absolute atomic E-state index is 11.4. The van der Waals surface area contributed by atoms with E-state index in [2.05, 4.69) is 24.1 Å². The number of amides is 1. The van der Waals surface area contributed by atoms with Gasteiger partial charge in [-0.15, -0.1) is 0 Å². The molecule has 0 spiro atoms. The summed E-state index contributed by atoms with van der Waals surface area (Å²) >= 11 is 0. The maximum Gasteiger partial charge on any atom is 0.234 e. The second kappa shape index (κ2) is 8.97. The molecule has 0 aromatic carbocycles. The zero-order chi connectivity index (χ0) is 10.8. The molecule has 0 radical (unpaired) electrons. The molecule has 1 amide bonds. The molecule has 0 fully saturated rings. The summed E-state index contributed by atoms with van der Waals surface area (Å²) in [6.07, 6.45) is 2.17. The predicted molar refractivity (Wildman–Crippen MR) is 59.1 cm³/mol. The Morgan fingerprint density at radius 1 is 1.29 bits per heavy atom. The molecule has 0 aliphatic rings. The molecule has 3 N–H and O–H groups in total. The van der Waals surface area contributed by atoms with Gasteiger partial charge < -0.3 is 11.1 Å². The van der Waals surface area contributed by atoms with E-state index in [1.54, 1.807) is 0 Å². The number of nitrogens with two attached hydrogens (primary N) is 1. The standard InChI is InChI=1S/C10H23N3O/c1-3-7-13(8-4-2)9-10(14)12-6-5-11/h3-9,11H2,1-2H3,(H,12,14). The molecule has 0 bridgehead atoms. The van der Waals surface area contributed by atoms with Crippen LogP contribution in [0.25, 0.3) is 0 Å². The first-order valence-electron chi connectivity index (χ1n) is 5.43. The van der Waals surface area contributed by atoms with Crippen molar-refractivity contribution in [1.29, 1.82) is 0 Å². The Morgan fingerprint density at radius 3 is 2.29 bits per heavy atom. The zero-order valence-corrected chi connectivity index (χ0v) is 9.38. The second-order valence-corrected chi connectivity index (χ2v) is 3.41. The number of carbonyl (C=O) groups is 1. The lowest BCUT2D eigenvalue weighted by Crippen LogP contribution is -2.39. The van der Waals surface area contributed by atoms with Crippen molar-refractivity contribution in [2.24, 2.45) is 5.73 Å². The number of nitrogens with one attached hydrogen (secondary N) is 1.